The fourth-order valence-electron chi connectivity index (χ4n) is 3.97. The Kier molecular flexibility index (Phi) is 4.95. The number of benzene rings is 2. The molecule has 3 heteroatoms. The number of rotatable bonds is 4. The molecule has 24 heavy (non-hydrogen) atoms. The van der Waals surface area contributed by atoms with E-state index in [4.69, 9.17) is 4.43 Å². The van der Waals surface area contributed by atoms with Crippen molar-refractivity contribution in [3.05, 3.63) is 60.7 Å². The van der Waals surface area contributed by atoms with Gasteiger partial charge in [-0.25, -0.2) is 0 Å². The number of hydrogen-bond acceptors (Lipinski definition) is 2. The molecule has 2 aromatic rings. The molecule has 2 unspecified atom stereocenters. The molecule has 2 aromatic carbocycles. The van der Waals surface area contributed by atoms with Gasteiger partial charge in [0.05, 0.1) is 6.10 Å². The van der Waals surface area contributed by atoms with E-state index in [-0.39, 0.29) is 17.2 Å². The summed E-state index contributed by atoms with van der Waals surface area (Å²) < 4.78 is 6.98. The predicted octanol–water partition coefficient (Wildman–Crippen LogP) is 3.48. The minimum Gasteiger partial charge on any atom is -0.404 e. The Morgan fingerprint density at radius 1 is 0.875 bits per heavy atom. The molecule has 0 bridgehead atoms. The smallest absolute Gasteiger partial charge is 0.261 e. The van der Waals surface area contributed by atoms with E-state index in [0.717, 1.165) is 19.3 Å². The zero-order valence-corrected chi connectivity index (χ0v) is 15.9. The van der Waals surface area contributed by atoms with Crippen LogP contribution in [0.15, 0.2) is 60.7 Å². The Balaban J connectivity index is 2.14. The quantitative estimate of drug-likeness (QED) is 0.864. The van der Waals surface area contributed by atoms with Crippen molar-refractivity contribution >= 4 is 18.7 Å². The summed E-state index contributed by atoms with van der Waals surface area (Å²) in [6, 6.07) is 21.4. The Morgan fingerprint density at radius 3 is 1.75 bits per heavy atom. The number of aliphatic hydroxyl groups is 1. The molecule has 1 saturated carbocycles. The number of hydrogen-bond donors (Lipinski definition) is 1. The lowest BCUT2D eigenvalue weighted by Gasteiger charge is -2.44. The highest BCUT2D eigenvalue weighted by Gasteiger charge is 2.51. The third-order valence-corrected chi connectivity index (χ3v) is 10.2. The van der Waals surface area contributed by atoms with Gasteiger partial charge in [-0.05, 0) is 34.7 Å². The lowest BCUT2D eigenvalue weighted by atomic mass is 10.2. The third-order valence-electron chi connectivity index (χ3n) is 5.12. The zero-order valence-electron chi connectivity index (χ0n) is 14.9. The summed E-state index contributed by atoms with van der Waals surface area (Å²) in [7, 11) is -2.46. The van der Waals surface area contributed by atoms with E-state index in [1.165, 1.54) is 10.4 Å². The summed E-state index contributed by atoms with van der Waals surface area (Å²) in [5.41, 5.74) is 0. The largest absolute Gasteiger partial charge is 0.404 e. The molecule has 0 aromatic heterocycles. The molecule has 2 atom stereocenters. The van der Waals surface area contributed by atoms with Crippen LogP contribution >= 0.6 is 0 Å². The van der Waals surface area contributed by atoms with Gasteiger partial charge in [-0.15, -0.1) is 0 Å². The normalized spacial score (nSPS) is 21.8. The van der Waals surface area contributed by atoms with Gasteiger partial charge in [0.1, 0.15) is 0 Å². The highest BCUT2D eigenvalue weighted by Crippen LogP contribution is 2.39. The van der Waals surface area contributed by atoms with Crippen LogP contribution in [0.4, 0.5) is 0 Å². The zero-order chi connectivity index (χ0) is 17.2. The molecule has 0 spiro atoms. The van der Waals surface area contributed by atoms with Crippen LogP contribution in [0.25, 0.3) is 0 Å². The van der Waals surface area contributed by atoms with Gasteiger partial charge in [0.15, 0.2) is 0 Å². The molecule has 2 nitrogen and oxygen atoms in total. The molecular weight excluding hydrogens is 312 g/mol. The van der Waals surface area contributed by atoms with Crippen LogP contribution in [0.2, 0.25) is 5.04 Å². The van der Waals surface area contributed by atoms with Gasteiger partial charge in [-0.3, -0.25) is 0 Å². The molecule has 1 aliphatic rings. The first kappa shape index (κ1) is 17.4. The van der Waals surface area contributed by atoms with Crippen LogP contribution < -0.4 is 10.4 Å². The van der Waals surface area contributed by atoms with Crippen molar-refractivity contribution in [2.24, 2.45) is 0 Å². The van der Waals surface area contributed by atoms with Crippen molar-refractivity contribution in [1.29, 1.82) is 0 Å². The standard InChI is InChI=1S/C21H28O2Si/c1-21(2,3)24(19-10-6-4-7-11-19,20-12-8-5-9-13-20)23-18-15-14-17(22)16-18/h4-13,17-18,22H,14-16H2,1-3H3. The molecule has 1 aliphatic carbocycles. The van der Waals surface area contributed by atoms with E-state index in [9.17, 15) is 5.11 Å². The van der Waals surface area contributed by atoms with E-state index in [2.05, 4.69) is 81.4 Å². The molecule has 3 rings (SSSR count). The summed E-state index contributed by atoms with van der Waals surface area (Å²) in [5, 5.41) is 12.6. The van der Waals surface area contributed by atoms with Crippen LogP contribution in [-0.2, 0) is 4.43 Å². The van der Waals surface area contributed by atoms with Crippen molar-refractivity contribution in [2.45, 2.75) is 57.3 Å². The lowest BCUT2D eigenvalue weighted by Crippen LogP contribution is -2.67. The van der Waals surface area contributed by atoms with Gasteiger partial charge in [0, 0.05) is 6.10 Å². The fraction of sp³-hybridized carbons (Fsp3) is 0.429. The Hall–Kier alpha value is -1.42. The lowest BCUT2D eigenvalue weighted by molar-refractivity contribution is 0.144. The first-order chi connectivity index (χ1) is 11.4. The Bertz CT molecular complexity index is 609. The Labute approximate surface area is 146 Å². The van der Waals surface area contributed by atoms with Crippen molar-refractivity contribution in [3.8, 4) is 0 Å². The third kappa shape index (κ3) is 3.21. The van der Waals surface area contributed by atoms with Crippen molar-refractivity contribution in [1.82, 2.24) is 0 Å². The average Bonchev–Trinajstić information content (AvgIpc) is 2.98. The SMILES string of the molecule is CC(C)(C)[Si](OC1CCC(O)C1)(c1ccccc1)c1ccccc1. The van der Waals surface area contributed by atoms with Crippen molar-refractivity contribution in [2.75, 3.05) is 0 Å². The molecule has 1 N–H and O–H groups in total. The molecule has 0 radical (unpaired) electrons. The second kappa shape index (κ2) is 6.83. The van der Waals surface area contributed by atoms with Gasteiger partial charge >= 0.3 is 0 Å². The Morgan fingerprint density at radius 2 is 1.38 bits per heavy atom. The molecule has 0 saturated heterocycles. The van der Waals surface area contributed by atoms with E-state index < -0.39 is 8.32 Å². The van der Waals surface area contributed by atoms with E-state index in [1.54, 1.807) is 0 Å². The fourth-order valence-corrected chi connectivity index (χ4v) is 8.69. The van der Waals surface area contributed by atoms with Gasteiger partial charge < -0.3 is 9.53 Å². The molecule has 0 amide bonds. The van der Waals surface area contributed by atoms with Crippen LogP contribution in [0.3, 0.4) is 0 Å². The highest BCUT2D eigenvalue weighted by atomic mass is 28.4. The summed E-state index contributed by atoms with van der Waals surface area (Å²) in [4.78, 5) is 0. The van der Waals surface area contributed by atoms with Gasteiger partial charge in [-0.1, -0.05) is 81.4 Å². The number of aliphatic hydroxyl groups excluding tert-OH is 1. The molecule has 1 fully saturated rings. The second-order valence-corrected chi connectivity index (χ2v) is 12.1. The van der Waals surface area contributed by atoms with Crippen LogP contribution in [-0.4, -0.2) is 25.6 Å². The predicted molar refractivity (Wildman–Crippen MR) is 102 cm³/mol. The van der Waals surface area contributed by atoms with Gasteiger partial charge in [-0.2, -0.15) is 0 Å². The van der Waals surface area contributed by atoms with Crippen LogP contribution in [0.5, 0.6) is 0 Å². The summed E-state index contributed by atoms with van der Waals surface area (Å²) in [5.74, 6) is 0. The molecule has 128 valence electrons. The summed E-state index contributed by atoms with van der Waals surface area (Å²) in [6.07, 6.45) is 2.48. The molecule has 0 aliphatic heterocycles. The average molecular weight is 341 g/mol. The van der Waals surface area contributed by atoms with Crippen molar-refractivity contribution in [3.63, 3.8) is 0 Å². The van der Waals surface area contributed by atoms with Crippen LogP contribution in [0.1, 0.15) is 40.0 Å². The maximum absolute atomic E-state index is 9.98. The molecular formula is C21H28O2Si. The van der Waals surface area contributed by atoms with E-state index >= 15 is 0 Å². The summed E-state index contributed by atoms with van der Waals surface area (Å²) >= 11 is 0. The highest BCUT2D eigenvalue weighted by molar-refractivity contribution is 6.99. The second-order valence-electron chi connectivity index (χ2n) is 7.87. The monoisotopic (exact) mass is 340 g/mol. The molecule has 0 heterocycles. The first-order valence-corrected chi connectivity index (χ1v) is 10.8. The van der Waals surface area contributed by atoms with Crippen LogP contribution in [0, 0.1) is 0 Å². The van der Waals surface area contributed by atoms with E-state index in [1.807, 2.05) is 0 Å². The maximum atomic E-state index is 9.98. The maximum Gasteiger partial charge on any atom is 0.261 e. The minimum absolute atomic E-state index is 0.00322. The van der Waals surface area contributed by atoms with Gasteiger partial charge in [0.25, 0.3) is 8.32 Å². The van der Waals surface area contributed by atoms with Gasteiger partial charge in [0.2, 0.25) is 0 Å². The first-order valence-electron chi connectivity index (χ1n) is 8.90. The van der Waals surface area contributed by atoms with E-state index in [0.29, 0.717) is 0 Å². The van der Waals surface area contributed by atoms with Crippen molar-refractivity contribution < 1.29 is 9.53 Å². The minimum atomic E-state index is -2.46. The summed E-state index contributed by atoms with van der Waals surface area (Å²) in [6.45, 7) is 6.89. The topological polar surface area (TPSA) is 29.5 Å².